The van der Waals surface area contributed by atoms with Crippen molar-refractivity contribution in [2.75, 3.05) is 16.8 Å². The van der Waals surface area contributed by atoms with Crippen molar-refractivity contribution in [3.05, 3.63) is 72.2 Å². The summed E-state index contributed by atoms with van der Waals surface area (Å²) >= 11 is 0. The molecule has 0 radical (unpaired) electrons. The molecule has 1 atom stereocenters. The van der Waals surface area contributed by atoms with E-state index in [1.807, 2.05) is 30.3 Å². The standard InChI is InChI=1S/C20H18FN3O3S/c21-15-7-4-8-16(11-15)22-20(25)18-12-19(14-5-2-1-3-6-14)24(23-18)17-9-10-28(26,27)13-17/h1-8,11-12,17H,9-10,13H2,(H,22,25). The second-order valence-electron chi connectivity index (χ2n) is 6.75. The molecule has 1 aliphatic heterocycles. The molecule has 1 amide bonds. The smallest absolute Gasteiger partial charge is 0.276 e. The van der Waals surface area contributed by atoms with Crippen LogP contribution in [-0.4, -0.2) is 35.6 Å². The van der Waals surface area contributed by atoms with E-state index in [0.717, 1.165) is 5.56 Å². The van der Waals surface area contributed by atoms with Crippen LogP contribution in [0.2, 0.25) is 0 Å². The van der Waals surface area contributed by atoms with E-state index in [1.165, 1.54) is 18.2 Å². The summed E-state index contributed by atoms with van der Waals surface area (Å²) in [5.41, 5.74) is 1.98. The zero-order valence-corrected chi connectivity index (χ0v) is 15.7. The third-order valence-corrected chi connectivity index (χ3v) is 6.43. The van der Waals surface area contributed by atoms with Gasteiger partial charge in [0, 0.05) is 5.69 Å². The highest BCUT2D eigenvalue weighted by Gasteiger charge is 2.32. The SMILES string of the molecule is O=C(Nc1cccc(F)c1)c1cc(-c2ccccc2)n(C2CCS(=O)(=O)C2)n1. The van der Waals surface area contributed by atoms with Crippen molar-refractivity contribution in [1.29, 1.82) is 0 Å². The van der Waals surface area contributed by atoms with Crippen LogP contribution in [0.25, 0.3) is 11.3 Å². The molecule has 1 aliphatic rings. The van der Waals surface area contributed by atoms with E-state index < -0.39 is 21.6 Å². The third kappa shape index (κ3) is 3.82. The number of benzene rings is 2. The van der Waals surface area contributed by atoms with Crippen LogP contribution >= 0.6 is 0 Å². The van der Waals surface area contributed by atoms with Crippen LogP contribution < -0.4 is 5.32 Å². The van der Waals surface area contributed by atoms with Gasteiger partial charge >= 0.3 is 0 Å². The number of amides is 1. The Morgan fingerprint density at radius 3 is 2.57 bits per heavy atom. The molecular weight excluding hydrogens is 381 g/mol. The van der Waals surface area contributed by atoms with Crippen molar-refractivity contribution in [1.82, 2.24) is 9.78 Å². The van der Waals surface area contributed by atoms with Gasteiger partial charge in [-0.05, 0) is 36.2 Å². The molecule has 144 valence electrons. The fourth-order valence-electron chi connectivity index (χ4n) is 3.34. The minimum Gasteiger partial charge on any atom is -0.320 e. The lowest BCUT2D eigenvalue weighted by Gasteiger charge is -2.13. The van der Waals surface area contributed by atoms with Crippen LogP contribution in [-0.2, 0) is 9.84 Å². The summed E-state index contributed by atoms with van der Waals surface area (Å²) in [6, 6.07) is 16.3. The molecule has 1 aromatic heterocycles. The number of nitrogens with zero attached hydrogens (tertiary/aromatic N) is 2. The van der Waals surface area contributed by atoms with Gasteiger partial charge in [-0.25, -0.2) is 12.8 Å². The van der Waals surface area contributed by atoms with Gasteiger partial charge in [-0.1, -0.05) is 36.4 Å². The molecule has 8 heteroatoms. The Hall–Kier alpha value is -3.00. The van der Waals surface area contributed by atoms with Gasteiger partial charge in [0.05, 0.1) is 23.2 Å². The van der Waals surface area contributed by atoms with Crippen LogP contribution in [0.15, 0.2) is 60.7 Å². The number of rotatable bonds is 4. The third-order valence-electron chi connectivity index (χ3n) is 4.67. The Bertz CT molecular complexity index is 1130. The number of hydrogen-bond acceptors (Lipinski definition) is 4. The van der Waals surface area contributed by atoms with Gasteiger partial charge < -0.3 is 5.32 Å². The topological polar surface area (TPSA) is 81.1 Å². The molecule has 1 fully saturated rings. The van der Waals surface area contributed by atoms with Crippen LogP contribution in [0, 0.1) is 5.82 Å². The summed E-state index contributed by atoms with van der Waals surface area (Å²) in [6.07, 6.45) is 0.453. The zero-order chi connectivity index (χ0) is 19.7. The lowest BCUT2D eigenvalue weighted by atomic mass is 10.1. The highest BCUT2D eigenvalue weighted by molar-refractivity contribution is 7.91. The fraction of sp³-hybridized carbons (Fsp3) is 0.200. The summed E-state index contributed by atoms with van der Waals surface area (Å²) < 4.78 is 38.8. The normalized spacial score (nSPS) is 18.1. The Morgan fingerprint density at radius 1 is 1.11 bits per heavy atom. The second-order valence-corrected chi connectivity index (χ2v) is 8.98. The lowest BCUT2D eigenvalue weighted by Crippen LogP contribution is -2.16. The van der Waals surface area contributed by atoms with Gasteiger partial charge in [-0.3, -0.25) is 9.48 Å². The molecule has 0 saturated carbocycles. The molecule has 1 N–H and O–H groups in total. The minimum absolute atomic E-state index is 0.000527. The van der Waals surface area contributed by atoms with Crippen molar-refractivity contribution >= 4 is 21.4 Å². The van der Waals surface area contributed by atoms with Gasteiger partial charge in [0.25, 0.3) is 5.91 Å². The van der Waals surface area contributed by atoms with E-state index in [0.29, 0.717) is 17.8 Å². The summed E-state index contributed by atoms with van der Waals surface area (Å²) in [5.74, 6) is -0.831. The Morgan fingerprint density at radius 2 is 1.89 bits per heavy atom. The van der Waals surface area contributed by atoms with Gasteiger partial charge in [-0.15, -0.1) is 0 Å². The van der Waals surface area contributed by atoms with Crippen LogP contribution in [0.4, 0.5) is 10.1 Å². The van der Waals surface area contributed by atoms with Gasteiger partial charge in [-0.2, -0.15) is 5.10 Å². The van der Waals surface area contributed by atoms with Gasteiger partial charge in [0.15, 0.2) is 15.5 Å². The number of sulfone groups is 1. The highest BCUT2D eigenvalue weighted by Crippen LogP contribution is 2.30. The largest absolute Gasteiger partial charge is 0.320 e. The number of hydrogen-bond donors (Lipinski definition) is 1. The maximum Gasteiger partial charge on any atom is 0.276 e. The molecule has 6 nitrogen and oxygen atoms in total. The first kappa shape index (κ1) is 18.4. The number of carbonyl (C=O) groups excluding carboxylic acids is 1. The molecule has 2 heterocycles. The van der Waals surface area contributed by atoms with E-state index in [4.69, 9.17) is 0 Å². The Kier molecular flexibility index (Phi) is 4.72. The summed E-state index contributed by atoms with van der Waals surface area (Å²) in [6.45, 7) is 0. The summed E-state index contributed by atoms with van der Waals surface area (Å²) in [7, 11) is -3.11. The Balaban J connectivity index is 1.70. The van der Waals surface area contributed by atoms with E-state index in [9.17, 15) is 17.6 Å². The maximum absolute atomic E-state index is 13.4. The molecular formula is C20H18FN3O3S. The summed E-state index contributed by atoms with van der Waals surface area (Å²) in [5, 5.41) is 7.02. The van der Waals surface area contributed by atoms with E-state index >= 15 is 0 Å². The van der Waals surface area contributed by atoms with Crippen molar-refractivity contribution in [2.45, 2.75) is 12.5 Å². The molecule has 0 bridgehead atoms. The summed E-state index contributed by atoms with van der Waals surface area (Å²) in [4.78, 5) is 12.6. The molecule has 28 heavy (non-hydrogen) atoms. The highest BCUT2D eigenvalue weighted by atomic mass is 32.2. The lowest BCUT2D eigenvalue weighted by molar-refractivity contribution is 0.102. The van der Waals surface area contributed by atoms with Gasteiger partial charge in [0.2, 0.25) is 0 Å². The first-order valence-electron chi connectivity index (χ1n) is 8.84. The molecule has 0 spiro atoms. The number of carbonyl (C=O) groups is 1. The van der Waals surface area contributed by atoms with Crippen molar-refractivity contribution in [3.63, 3.8) is 0 Å². The van der Waals surface area contributed by atoms with E-state index in [-0.39, 0.29) is 23.2 Å². The second kappa shape index (κ2) is 7.20. The number of halogens is 1. The molecule has 1 saturated heterocycles. The Labute approximate surface area is 161 Å². The van der Waals surface area contributed by atoms with Gasteiger partial charge in [0.1, 0.15) is 5.82 Å². The monoisotopic (exact) mass is 399 g/mol. The zero-order valence-electron chi connectivity index (χ0n) is 14.9. The molecule has 1 unspecified atom stereocenters. The fourth-order valence-corrected chi connectivity index (χ4v) is 5.03. The van der Waals surface area contributed by atoms with Crippen molar-refractivity contribution in [3.8, 4) is 11.3 Å². The molecule has 3 aromatic rings. The van der Waals surface area contributed by atoms with Crippen LogP contribution in [0.3, 0.4) is 0 Å². The van der Waals surface area contributed by atoms with Crippen LogP contribution in [0.5, 0.6) is 0 Å². The predicted octanol–water partition coefficient (Wildman–Crippen LogP) is 3.30. The van der Waals surface area contributed by atoms with Crippen molar-refractivity contribution in [2.24, 2.45) is 0 Å². The first-order chi connectivity index (χ1) is 13.4. The average molecular weight is 399 g/mol. The van der Waals surface area contributed by atoms with E-state index in [1.54, 1.807) is 16.8 Å². The quantitative estimate of drug-likeness (QED) is 0.730. The van der Waals surface area contributed by atoms with Crippen molar-refractivity contribution < 1.29 is 17.6 Å². The molecule has 4 rings (SSSR count). The molecule has 2 aromatic carbocycles. The minimum atomic E-state index is -3.11. The first-order valence-corrected chi connectivity index (χ1v) is 10.7. The van der Waals surface area contributed by atoms with E-state index in [2.05, 4.69) is 10.4 Å². The number of nitrogens with one attached hydrogen (secondary N) is 1. The molecule has 0 aliphatic carbocycles. The predicted molar refractivity (Wildman–Crippen MR) is 104 cm³/mol. The maximum atomic E-state index is 13.4. The number of aromatic nitrogens is 2. The average Bonchev–Trinajstić information content (AvgIpc) is 3.26. The number of anilines is 1. The van der Waals surface area contributed by atoms with Crippen LogP contribution in [0.1, 0.15) is 23.0 Å².